The summed E-state index contributed by atoms with van der Waals surface area (Å²) in [6, 6.07) is 0.167. The van der Waals surface area contributed by atoms with Crippen LogP contribution in [0.1, 0.15) is 44.9 Å². The van der Waals surface area contributed by atoms with Gasteiger partial charge in [0.1, 0.15) is 0 Å². The van der Waals surface area contributed by atoms with Gasteiger partial charge in [0.15, 0.2) is 0 Å². The van der Waals surface area contributed by atoms with Gasteiger partial charge < -0.3 is 4.74 Å². The molecule has 1 saturated heterocycles. The molecule has 0 amide bonds. The van der Waals surface area contributed by atoms with Crippen molar-refractivity contribution in [2.75, 3.05) is 12.4 Å². The summed E-state index contributed by atoms with van der Waals surface area (Å²) in [5.74, 6) is 0.142. The monoisotopic (exact) mass is 247 g/mol. The maximum Gasteiger partial charge on any atom is 0.214 e. The first-order chi connectivity index (χ1) is 7.66. The minimum absolute atomic E-state index is 0.0823. The molecular formula is C11H21NO3S. The molecule has 4 nitrogen and oxygen atoms in total. The van der Waals surface area contributed by atoms with Gasteiger partial charge in [-0.2, -0.15) is 0 Å². The topological polar surface area (TPSA) is 55.4 Å². The summed E-state index contributed by atoms with van der Waals surface area (Å²) in [6.07, 6.45) is 7.30. The number of rotatable bonds is 4. The number of hydrogen-bond donors (Lipinski definition) is 1. The minimum atomic E-state index is -3.14. The Hall–Kier alpha value is -0.130. The van der Waals surface area contributed by atoms with Crippen molar-refractivity contribution in [3.8, 4) is 0 Å². The average molecular weight is 247 g/mol. The van der Waals surface area contributed by atoms with Crippen LogP contribution >= 0.6 is 0 Å². The van der Waals surface area contributed by atoms with Crippen molar-refractivity contribution >= 4 is 10.0 Å². The maximum atomic E-state index is 11.9. The van der Waals surface area contributed by atoms with Gasteiger partial charge in [0.05, 0.1) is 11.9 Å². The van der Waals surface area contributed by atoms with Crippen molar-refractivity contribution < 1.29 is 13.2 Å². The van der Waals surface area contributed by atoms with E-state index in [1.165, 1.54) is 6.42 Å². The third kappa shape index (κ3) is 3.71. The Bertz CT molecular complexity index is 303. The van der Waals surface area contributed by atoms with Gasteiger partial charge in [-0.3, -0.25) is 0 Å². The summed E-state index contributed by atoms with van der Waals surface area (Å²) in [5.41, 5.74) is 0. The molecule has 1 atom stereocenters. The van der Waals surface area contributed by atoms with Crippen LogP contribution in [0.4, 0.5) is 0 Å². The van der Waals surface area contributed by atoms with Gasteiger partial charge in [0, 0.05) is 12.6 Å². The largest absolute Gasteiger partial charge is 0.377 e. The second kappa shape index (κ2) is 5.47. The van der Waals surface area contributed by atoms with Crippen molar-refractivity contribution in [1.82, 2.24) is 4.72 Å². The molecule has 94 valence electrons. The van der Waals surface area contributed by atoms with Gasteiger partial charge in [-0.05, 0) is 25.7 Å². The summed E-state index contributed by atoms with van der Waals surface area (Å²) in [5, 5.41) is 0. The highest BCUT2D eigenvalue weighted by molar-refractivity contribution is 7.89. The molecule has 0 bridgehead atoms. The molecule has 2 rings (SSSR count). The molecule has 0 aromatic heterocycles. The quantitative estimate of drug-likeness (QED) is 0.817. The van der Waals surface area contributed by atoms with Crippen molar-refractivity contribution in [3.63, 3.8) is 0 Å². The highest BCUT2D eigenvalue weighted by atomic mass is 32.2. The van der Waals surface area contributed by atoms with E-state index < -0.39 is 10.0 Å². The molecule has 0 radical (unpaired) electrons. The lowest BCUT2D eigenvalue weighted by Crippen LogP contribution is -2.40. The van der Waals surface area contributed by atoms with Crippen LogP contribution in [0.25, 0.3) is 0 Å². The van der Waals surface area contributed by atoms with Crippen LogP contribution in [0.3, 0.4) is 0 Å². The van der Waals surface area contributed by atoms with Gasteiger partial charge >= 0.3 is 0 Å². The molecule has 1 aliphatic heterocycles. The zero-order chi connectivity index (χ0) is 11.4. The average Bonchev–Trinajstić information content (AvgIpc) is 2.70. The minimum Gasteiger partial charge on any atom is -0.377 e. The molecule has 2 fully saturated rings. The molecule has 1 unspecified atom stereocenters. The van der Waals surface area contributed by atoms with Crippen LogP contribution in [-0.2, 0) is 14.8 Å². The van der Waals surface area contributed by atoms with E-state index in [-0.39, 0.29) is 17.9 Å². The first kappa shape index (κ1) is 12.3. The Kier molecular flexibility index (Phi) is 4.21. The third-order valence-corrected chi connectivity index (χ3v) is 4.88. The Balaban J connectivity index is 1.81. The Labute approximate surface area is 97.8 Å². The van der Waals surface area contributed by atoms with E-state index in [2.05, 4.69) is 4.72 Å². The SMILES string of the molecule is O=S(=O)(CC1CCCO1)NC1CCCCC1. The van der Waals surface area contributed by atoms with Gasteiger partial charge in [0.2, 0.25) is 10.0 Å². The van der Waals surface area contributed by atoms with Crippen LogP contribution in [0.15, 0.2) is 0 Å². The fourth-order valence-corrected chi connectivity index (χ4v) is 4.14. The van der Waals surface area contributed by atoms with E-state index in [4.69, 9.17) is 4.74 Å². The molecule has 0 aromatic carbocycles. The third-order valence-electron chi connectivity index (χ3n) is 3.38. The molecule has 0 spiro atoms. The molecular weight excluding hydrogens is 226 g/mol. The van der Waals surface area contributed by atoms with Crippen molar-refractivity contribution in [1.29, 1.82) is 0 Å². The summed E-state index contributed by atoms with van der Waals surface area (Å²) in [6.45, 7) is 0.712. The predicted molar refractivity (Wildman–Crippen MR) is 62.8 cm³/mol. The lowest BCUT2D eigenvalue weighted by molar-refractivity contribution is 0.127. The summed E-state index contributed by atoms with van der Waals surface area (Å²) >= 11 is 0. The fourth-order valence-electron chi connectivity index (χ4n) is 2.54. The highest BCUT2D eigenvalue weighted by Crippen LogP contribution is 2.19. The van der Waals surface area contributed by atoms with E-state index in [1.807, 2.05) is 0 Å². The molecule has 0 aromatic rings. The summed E-state index contributed by atoms with van der Waals surface area (Å²) < 4.78 is 31.9. The number of ether oxygens (including phenoxy) is 1. The lowest BCUT2D eigenvalue weighted by atomic mass is 9.96. The van der Waals surface area contributed by atoms with Gasteiger partial charge in [-0.1, -0.05) is 19.3 Å². The Morgan fingerprint density at radius 1 is 1.06 bits per heavy atom. The van der Waals surface area contributed by atoms with Crippen molar-refractivity contribution in [3.05, 3.63) is 0 Å². The molecule has 2 aliphatic rings. The lowest BCUT2D eigenvalue weighted by Gasteiger charge is -2.23. The molecule has 16 heavy (non-hydrogen) atoms. The van der Waals surface area contributed by atoms with Crippen molar-refractivity contribution in [2.45, 2.75) is 57.1 Å². The maximum absolute atomic E-state index is 11.9. The van der Waals surface area contributed by atoms with Gasteiger partial charge in [0.25, 0.3) is 0 Å². The first-order valence-corrected chi connectivity index (χ1v) is 7.92. The fraction of sp³-hybridized carbons (Fsp3) is 1.00. The molecule has 1 saturated carbocycles. The van der Waals surface area contributed by atoms with Crippen LogP contribution < -0.4 is 4.72 Å². The van der Waals surface area contributed by atoms with E-state index in [0.29, 0.717) is 6.61 Å². The normalized spacial score (nSPS) is 28.4. The van der Waals surface area contributed by atoms with Crippen LogP contribution in [0.5, 0.6) is 0 Å². The van der Waals surface area contributed by atoms with Crippen molar-refractivity contribution in [2.24, 2.45) is 0 Å². The molecule has 1 N–H and O–H groups in total. The number of sulfonamides is 1. The van der Waals surface area contributed by atoms with Gasteiger partial charge in [-0.15, -0.1) is 0 Å². The zero-order valence-corrected chi connectivity index (χ0v) is 10.5. The first-order valence-electron chi connectivity index (χ1n) is 6.27. The van der Waals surface area contributed by atoms with E-state index in [0.717, 1.165) is 38.5 Å². The van der Waals surface area contributed by atoms with Crippen LogP contribution in [0.2, 0.25) is 0 Å². The van der Waals surface area contributed by atoms with E-state index in [9.17, 15) is 8.42 Å². The summed E-state index contributed by atoms with van der Waals surface area (Å²) in [4.78, 5) is 0. The van der Waals surface area contributed by atoms with E-state index >= 15 is 0 Å². The standard InChI is InChI=1S/C11H21NO3S/c13-16(14,9-11-7-4-8-15-11)12-10-5-2-1-3-6-10/h10-12H,1-9H2. The Morgan fingerprint density at radius 3 is 2.44 bits per heavy atom. The van der Waals surface area contributed by atoms with Crippen LogP contribution in [0, 0.1) is 0 Å². The molecule has 1 heterocycles. The molecule has 1 aliphatic carbocycles. The van der Waals surface area contributed by atoms with Crippen LogP contribution in [-0.4, -0.2) is 32.9 Å². The van der Waals surface area contributed by atoms with E-state index in [1.54, 1.807) is 0 Å². The zero-order valence-electron chi connectivity index (χ0n) is 9.65. The second-order valence-corrected chi connectivity index (χ2v) is 6.67. The highest BCUT2D eigenvalue weighted by Gasteiger charge is 2.26. The molecule has 5 heteroatoms. The number of hydrogen-bond acceptors (Lipinski definition) is 3. The van der Waals surface area contributed by atoms with Gasteiger partial charge in [-0.25, -0.2) is 13.1 Å². The number of nitrogens with one attached hydrogen (secondary N) is 1. The predicted octanol–water partition coefficient (Wildman–Crippen LogP) is 1.42. The smallest absolute Gasteiger partial charge is 0.214 e. The second-order valence-electron chi connectivity index (χ2n) is 4.87. The Morgan fingerprint density at radius 2 is 1.81 bits per heavy atom. The summed E-state index contributed by atoms with van der Waals surface area (Å²) in [7, 11) is -3.14.